The van der Waals surface area contributed by atoms with Crippen molar-refractivity contribution in [2.75, 3.05) is 13.1 Å². The van der Waals surface area contributed by atoms with Gasteiger partial charge < -0.3 is 5.32 Å². The molecule has 16 heavy (non-hydrogen) atoms. The molecular weight excluding hydrogens is 196 g/mol. The van der Waals surface area contributed by atoms with Crippen LogP contribution in [0.5, 0.6) is 0 Å². The first-order chi connectivity index (χ1) is 7.63. The highest BCUT2D eigenvalue weighted by Gasteiger charge is 2.32. The molecule has 0 aliphatic carbocycles. The minimum Gasteiger partial charge on any atom is -0.311 e. The van der Waals surface area contributed by atoms with Crippen molar-refractivity contribution in [2.45, 2.75) is 72.0 Å². The van der Waals surface area contributed by atoms with E-state index in [9.17, 15) is 0 Å². The first-order valence-electron chi connectivity index (χ1n) is 7.13. The quantitative estimate of drug-likeness (QED) is 0.775. The van der Waals surface area contributed by atoms with E-state index in [1.807, 2.05) is 0 Å². The molecule has 1 rings (SSSR count). The second-order valence-electron chi connectivity index (χ2n) is 5.43. The van der Waals surface area contributed by atoms with E-state index < -0.39 is 0 Å². The fourth-order valence-corrected chi connectivity index (χ4v) is 2.93. The highest BCUT2D eigenvalue weighted by molar-refractivity contribution is 4.89. The second kappa shape index (κ2) is 6.61. The Bertz CT molecular complexity index is 189. The van der Waals surface area contributed by atoms with Crippen molar-refractivity contribution < 1.29 is 0 Å². The molecule has 0 aromatic heterocycles. The molecule has 2 heteroatoms. The van der Waals surface area contributed by atoms with Crippen LogP contribution in [0.15, 0.2) is 0 Å². The van der Waals surface area contributed by atoms with Crippen LogP contribution in [0.25, 0.3) is 0 Å². The molecule has 1 heterocycles. The van der Waals surface area contributed by atoms with Crippen molar-refractivity contribution in [3.8, 4) is 0 Å². The Morgan fingerprint density at radius 2 is 1.81 bits per heavy atom. The second-order valence-corrected chi connectivity index (χ2v) is 5.43. The van der Waals surface area contributed by atoms with Crippen molar-refractivity contribution in [2.24, 2.45) is 5.92 Å². The van der Waals surface area contributed by atoms with Gasteiger partial charge in [0.1, 0.15) is 0 Å². The zero-order chi connectivity index (χ0) is 12.1. The van der Waals surface area contributed by atoms with Crippen LogP contribution in [0.4, 0.5) is 0 Å². The van der Waals surface area contributed by atoms with Crippen molar-refractivity contribution >= 4 is 0 Å². The molecule has 3 unspecified atom stereocenters. The van der Waals surface area contributed by atoms with Gasteiger partial charge in [-0.15, -0.1) is 0 Å². The minimum absolute atomic E-state index is 0.654. The minimum atomic E-state index is 0.654. The van der Waals surface area contributed by atoms with Gasteiger partial charge in [0.15, 0.2) is 0 Å². The van der Waals surface area contributed by atoms with Crippen molar-refractivity contribution in [3.63, 3.8) is 0 Å². The van der Waals surface area contributed by atoms with Gasteiger partial charge in [0.25, 0.3) is 0 Å². The Morgan fingerprint density at radius 1 is 1.19 bits per heavy atom. The van der Waals surface area contributed by atoms with E-state index in [4.69, 9.17) is 0 Å². The average Bonchev–Trinajstić information content (AvgIpc) is 2.30. The van der Waals surface area contributed by atoms with E-state index in [1.54, 1.807) is 0 Å². The van der Waals surface area contributed by atoms with Gasteiger partial charge in [-0.3, -0.25) is 4.90 Å². The van der Waals surface area contributed by atoms with Gasteiger partial charge in [-0.25, -0.2) is 0 Å². The van der Waals surface area contributed by atoms with E-state index in [0.29, 0.717) is 6.04 Å². The van der Waals surface area contributed by atoms with E-state index in [1.165, 1.54) is 32.4 Å². The third kappa shape index (κ3) is 3.21. The van der Waals surface area contributed by atoms with Gasteiger partial charge in [-0.1, -0.05) is 34.1 Å². The fraction of sp³-hybridized carbons (Fsp3) is 1.00. The van der Waals surface area contributed by atoms with Gasteiger partial charge in [-0.2, -0.15) is 0 Å². The van der Waals surface area contributed by atoms with Gasteiger partial charge in [0, 0.05) is 31.2 Å². The van der Waals surface area contributed by atoms with E-state index in [0.717, 1.165) is 18.0 Å². The van der Waals surface area contributed by atoms with Crippen LogP contribution in [-0.4, -0.2) is 36.1 Å². The molecule has 1 aliphatic rings. The summed E-state index contributed by atoms with van der Waals surface area (Å²) in [6, 6.07) is 2.18. The maximum atomic E-state index is 3.64. The Kier molecular flexibility index (Phi) is 5.77. The summed E-state index contributed by atoms with van der Waals surface area (Å²) in [6.45, 7) is 14.1. The molecule has 1 saturated heterocycles. The molecule has 3 atom stereocenters. The summed E-state index contributed by atoms with van der Waals surface area (Å²) < 4.78 is 0. The zero-order valence-electron chi connectivity index (χ0n) is 11.8. The molecule has 1 aliphatic heterocycles. The largest absolute Gasteiger partial charge is 0.311 e. The summed E-state index contributed by atoms with van der Waals surface area (Å²) in [5.41, 5.74) is 0. The van der Waals surface area contributed by atoms with Crippen LogP contribution in [0.3, 0.4) is 0 Å². The van der Waals surface area contributed by atoms with E-state index in [-0.39, 0.29) is 0 Å². The lowest BCUT2D eigenvalue weighted by Crippen LogP contribution is -2.60. The number of nitrogens with zero attached hydrogens (tertiary/aromatic N) is 1. The molecule has 0 radical (unpaired) electrons. The monoisotopic (exact) mass is 226 g/mol. The predicted molar refractivity (Wildman–Crippen MR) is 71.8 cm³/mol. The molecule has 0 amide bonds. The SMILES string of the molecule is CCC(C)C1CNC(C)CN1C(CC)CC. The summed E-state index contributed by atoms with van der Waals surface area (Å²) in [5.74, 6) is 0.806. The first kappa shape index (κ1) is 14.0. The highest BCUT2D eigenvalue weighted by atomic mass is 15.3. The molecule has 1 fully saturated rings. The van der Waals surface area contributed by atoms with Gasteiger partial charge in [0.05, 0.1) is 0 Å². The standard InChI is InChI=1S/C14H30N2/c1-6-11(4)14-9-15-12(5)10-16(14)13(7-2)8-3/h11-15H,6-10H2,1-5H3. The summed E-state index contributed by atoms with van der Waals surface area (Å²) in [6.07, 6.45) is 3.86. The molecule has 0 spiro atoms. The van der Waals surface area contributed by atoms with Crippen molar-refractivity contribution in [3.05, 3.63) is 0 Å². The topological polar surface area (TPSA) is 15.3 Å². The third-order valence-corrected chi connectivity index (χ3v) is 4.30. The summed E-state index contributed by atoms with van der Waals surface area (Å²) in [5, 5.41) is 3.64. The molecule has 0 saturated carbocycles. The smallest absolute Gasteiger partial charge is 0.0249 e. The number of piperazine rings is 1. The average molecular weight is 226 g/mol. The van der Waals surface area contributed by atoms with Crippen molar-refractivity contribution in [1.29, 1.82) is 0 Å². The Hall–Kier alpha value is -0.0800. The molecular formula is C14H30N2. The van der Waals surface area contributed by atoms with Gasteiger partial charge in [-0.05, 0) is 25.7 Å². The van der Waals surface area contributed by atoms with Crippen LogP contribution >= 0.6 is 0 Å². The van der Waals surface area contributed by atoms with Crippen LogP contribution in [0, 0.1) is 5.92 Å². The number of rotatable bonds is 5. The maximum absolute atomic E-state index is 3.64. The van der Waals surface area contributed by atoms with Crippen LogP contribution in [-0.2, 0) is 0 Å². The van der Waals surface area contributed by atoms with Crippen LogP contribution < -0.4 is 5.32 Å². The lowest BCUT2D eigenvalue weighted by atomic mass is 9.92. The highest BCUT2D eigenvalue weighted by Crippen LogP contribution is 2.23. The van der Waals surface area contributed by atoms with E-state index in [2.05, 4.69) is 44.8 Å². The van der Waals surface area contributed by atoms with E-state index >= 15 is 0 Å². The molecule has 0 aromatic rings. The molecule has 0 aromatic carbocycles. The predicted octanol–water partition coefficient (Wildman–Crippen LogP) is 2.88. The normalized spacial score (nSPS) is 29.6. The van der Waals surface area contributed by atoms with Crippen LogP contribution in [0.2, 0.25) is 0 Å². The maximum Gasteiger partial charge on any atom is 0.0249 e. The molecule has 0 bridgehead atoms. The molecule has 96 valence electrons. The zero-order valence-corrected chi connectivity index (χ0v) is 11.8. The number of hydrogen-bond donors (Lipinski definition) is 1. The molecule has 1 N–H and O–H groups in total. The third-order valence-electron chi connectivity index (χ3n) is 4.30. The van der Waals surface area contributed by atoms with Crippen molar-refractivity contribution in [1.82, 2.24) is 10.2 Å². The number of nitrogens with one attached hydrogen (secondary N) is 1. The van der Waals surface area contributed by atoms with Crippen LogP contribution in [0.1, 0.15) is 53.9 Å². The van der Waals surface area contributed by atoms with Gasteiger partial charge in [0.2, 0.25) is 0 Å². The van der Waals surface area contributed by atoms with Gasteiger partial charge >= 0.3 is 0 Å². The summed E-state index contributed by atoms with van der Waals surface area (Å²) >= 11 is 0. The summed E-state index contributed by atoms with van der Waals surface area (Å²) in [4.78, 5) is 2.77. The molecule has 2 nitrogen and oxygen atoms in total. The fourth-order valence-electron chi connectivity index (χ4n) is 2.93. The lowest BCUT2D eigenvalue weighted by Gasteiger charge is -2.46. The Labute approximate surface area is 102 Å². The first-order valence-corrected chi connectivity index (χ1v) is 7.13. The Morgan fingerprint density at radius 3 is 2.31 bits per heavy atom. The summed E-state index contributed by atoms with van der Waals surface area (Å²) in [7, 11) is 0. The Balaban J connectivity index is 2.71. The lowest BCUT2D eigenvalue weighted by molar-refractivity contribution is 0.0498. The number of hydrogen-bond acceptors (Lipinski definition) is 2.